The third kappa shape index (κ3) is 6.06. The number of allylic oxidation sites excluding steroid dienone is 2. The van der Waals surface area contributed by atoms with Crippen molar-refractivity contribution in [3.05, 3.63) is 75.1 Å². The largest absolute Gasteiger partial charge is 0.394 e. The van der Waals surface area contributed by atoms with Crippen LogP contribution in [-0.4, -0.2) is 73.7 Å². The molecule has 2 saturated heterocycles. The number of fused-ring (bicyclic) bond motifs is 1. The fourth-order valence-corrected chi connectivity index (χ4v) is 5.39. The molecule has 0 saturated carbocycles. The van der Waals surface area contributed by atoms with Gasteiger partial charge in [-0.2, -0.15) is 0 Å². The van der Waals surface area contributed by atoms with Gasteiger partial charge < -0.3 is 20.9 Å². The van der Waals surface area contributed by atoms with Gasteiger partial charge in [0.2, 0.25) is 11.6 Å². The van der Waals surface area contributed by atoms with Gasteiger partial charge in [0, 0.05) is 68.7 Å². The average molecular weight is 535 g/mol. The first-order chi connectivity index (χ1) is 18.9. The number of carbonyl (C=O) groups excluding carboxylic acids is 2. The third-order valence-corrected chi connectivity index (χ3v) is 7.45. The fourth-order valence-electron chi connectivity index (χ4n) is 5.39. The van der Waals surface area contributed by atoms with Gasteiger partial charge in [0.25, 0.3) is 5.69 Å². The lowest BCUT2D eigenvalue weighted by molar-refractivity contribution is -0.384. The predicted octanol–water partition coefficient (Wildman–Crippen LogP) is 3.57. The number of piperazine rings is 1. The van der Waals surface area contributed by atoms with Gasteiger partial charge in [-0.15, -0.1) is 0 Å². The maximum absolute atomic E-state index is 12.8. The zero-order valence-corrected chi connectivity index (χ0v) is 22.8. The Morgan fingerprint density at radius 2 is 1.54 bits per heavy atom. The zero-order valence-electron chi connectivity index (χ0n) is 22.8. The van der Waals surface area contributed by atoms with E-state index in [2.05, 4.69) is 20.0 Å². The number of benzene rings is 2. The van der Waals surface area contributed by atoms with E-state index in [0.29, 0.717) is 17.7 Å². The molecule has 3 aliphatic rings. The van der Waals surface area contributed by atoms with Crippen molar-refractivity contribution in [1.29, 1.82) is 0 Å². The van der Waals surface area contributed by atoms with Crippen molar-refractivity contribution in [2.75, 3.05) is 62.2 Å². The van der Waals surface area contributed by atoms with E-state index in [1.165, 1.54) is 0 Å². The zero-order chi connectivity index (χ0) is 27.9. The summed E-state index contributed by atoms with van der Waals surface area (Å²) in [6, 6.07) is 12.2. The average Bonchev–Trinajstić information content (AvgIpc) is 3.52. The van der Waals surface area contributed by atoms with E-state index >= 15 is 0 Å². The molecule has 2 aliphatic heterocycles. The molecule has 208 valence electrons. The maximum Gasteiger partial charge on any atom is 0.292 e. The molecule has 3 N–H and O–H groups in total. The molecule has 0 radical (unpaired) electrons. The first-order valence-electron chi connectivity index (χ1n) is 13.9. The molecule has 39 heavy (non-hydrogen) atoms. The van der Waals surface area contributed by atoms with Crippen LogP contribution in [0.25, 0.3) is 0 Å². The SMILES string of the molecule is CC.NC1=C(NCCCN2CCN(c3ccc([N+](=O)[O-])c(N4CCCC4)c3)CC2)C(=O)c2ccccc2C1=O. The number of hydrogen-bond acceptors (Lipinski definition) is 9. The lowest BCUT2D eigenvalue weighted by Gasteiger charge is -2.36. The minimum absolute atomic E-state index is 0.0197. The Kier molecular flexibility index (Phi) is 9.19. The second kappa shape index (κ2) is 12.8. The molecule has 0 atom stereocenters. The highest BCUT2D eigenvalue weighted by atomic mass is 16.6. The highest BCUT2D eigenvalue weighted by Gasteiger charge is 2.30. The summed E-state index contributed by atoms with van der Waals surface area (Å²) in [5, 5.41) is 14.7. The van der Waals surface area contributed by atoms with Crippen LogP contribution in [-0.2, 0) is 0 Å². The van der Waals surface area contributed by atoms with E-state index in [0.717, 1.165) is 76.5 Å². The van der Waals surface area contributed by atoms with E-state index in [9.17, 15) is 19.7 Å². The van der Waals surface area contributed by atoms with Crippen LogP contribution in [0.5, 0.6) is 0 Å². The van der Waals surface area contributed by atoms with Gasteiger partial charge in [0.1, 0.15) is 17.1 Å². The van der Waals surface area contributed by atoms with Crippen molar-refractivity contribution < 1.29 is 14.5 Å². The van der Waals surface area contributed by atoms with Gasteiger partial charge in [0.05, 0.1) is 4.92 Å². The predicted molar refractivity (Wildman–Crippen MR) is 153 cm³/mol. The van der Waals surface area contributed by atoms with Crippen LogP contribution in [0.1, 0.15) is 53.8 Å². The second-order valence-electron chi connectivity index (χ2n) is 9.73. The van der Waals surface area contributed by atoms with Crippen molar-refractivity contribution in [1.82, 2.24) is 10.2 Å². The molecule has 0 aromatic heterocycles. The molecule has 2 aromatic carbocycles. The van der Waals surface area contributed by atoms with Crippen LogP contribution in [0.3, 0.4) is 0 Å². The fraction of sp³-hybridized carbons (Fsp3) is 0.448. The van der Waals surface area contributed by atoms with Crippen molar-refractivity contribution in [2.45, 2.75) is 33.1 Å². The molecule has 0 bridgehead atoms. The molecule has 10 heteroatoms. The Labute approximate surface area is 229 Å². The summed E-state index contributed by atoms with van der Waals surface area (Å²) in [7, 11) is 0. The number of nitrogens with two attached hydrogens (primary N) is 1. The number of anilines is 2. The van der Waals surface area contributed by atoms with Crippen molar-refractivity contribution in [3.8, 4) is 0 Å². The molecule has 2 heterocycles. The van der Waals surface area contributed by atoms with Crippen molar-refractivity contribution in [2.24, 2.45) is 5.73 Å². The van der Waals surface area contributed by atoms with E-state index in [1.807, 2.05) is 26.0 Å². The molecule has 0 spiro atoms. The van der Waals surface area contributed by atoms with E-state index in [-0.39, 0.29) is 33.6 Å². The van der Waals surface area contributed by atoms with Gasteiger partial charge >= 0.3 is 0 Å². The summed E-state index contributed by atoms with van der Waals surface area (Å²) in [5.41, 5.74) is 8.83. The number of nitro benzene ring substituents is 1. The van der Waals surface area contributed by atoms with Crippen LogP contribution < -0.4 is 20.9 Å². The van der Waals surface area contributed by atoms with Crippen molar-refractivity contribution in [3.63, 3.8) is 0 Å². The topological polar surface area (TPSA) is 125 Å². The standard InChI is InChI=1S/C27H32N6O4.C2H6/c28-24-25(27(35)21-7-2-1-6-20(21)26(24)34)29-10-5-11-30-14-16-31(17-15-30)19-8-9-22(33(36)37)23(18-19)32-12-3-4-13-32;1-2/h1-2,6-9,18,29H,3-5,10-17,28H2;1-2H3. The van der Waals surface area contributed by atoms with Crippen molar-refractivity contribution >= 4 is 28.6 Å². The second-order valence-corrected chi connectivity index (χ2v) is 9.73. The van der Waals surface area contributed by atoms with E-state index in [1.54, 1.807) is 30.3 Å². The number of ketones is 2. The summed E-state index contributed by atoms with van der Waals surface area (Å²) in [6.45, 7) is 10.6. The first kappa shape index (κ1) is 28.1. The molecule has 2 aromatic rings. The summed E-state index contributed by atoms with van der Waals surface area (Å²) in [6.07, 6.45) is 2.93. The number of nitrogens with one attached hydrogen (secondary N) is 1. The van der Waals surface area contributed by atoms with Crippen LogP contribution in [0.4, 0.5) is 17.1 Å². The highest BCUT2D eigenvalue weighted by Crippen LogP contribution is 2.35. The number of hydrogen-bond donors (Lipinski definition) is 2. The number of nitrogens with zero attached hydrogens (tertiary/aromatic N) is 4. The number of rotatable bonds is 8. The smallest absolute Gasteiger partial charge is 0.292 e. The van der Waals surface area contributed by atoms with E-state index in [4.69, 9.17) is 5.73 Å². The van der Waals surface area contributed by atoms with E-state index < -0.39 is 0 Å². The molecular formula is C29H38N6O4. The minimum atomic E-state index is -0.312. The molecule has 0 unspecified atom stereocenters. The van der Waals surface area contributed by atoms with Gasteiger partial charge in [-0.05, 0) is 37.9 Å². The molecular weight excluding hydrogens is 496 g/mol. The Morgan fingerprint density at radius 3 is 2.18 bits per heavy atom. The van der Waals surface area contributed by atoms with Crippen LogP contribution >= 0.6 is 0 Å². The first-order valence-corrected chi connectivity index (χ1v) is 13.9. The third-order valence-electron chi connectivity index (χ3n) is 7.45. The Morgan fingerprint density at radius 1 is 0.897 bits per heavy atom. The van der Waals surface area contributed by atoms with Crippen LogP contribution in [0.2, 0.25) is 0 Å². The van der Waals surface area contributed by atoms with Gasteiger partial charge in [0.15, 0.2) is 0 Å². The van der Waals surface area contributed by atoms with Crippen LogP contribution in [0.15, 0.2) is 53.9 Å². The Hall–Kier alpha value is -3.92. The maximum atomic E-state index is 12.8. The molecule has 0 amide bonds. The Balaban J connectivity index is 0.00000172. The minimum Gasteiger partial charge on any atom is -0.394 e. The Bertz CT molecular complexity index is 1250. The number of nitro groups is 1. The number of Topliss-reactive ketones (excluding diaryl/α,β-unsaturated/α-hetero) is 2. The lowest BCUT2D eigenvalue weighted by atomic mass is 9.90. The summed E-state index contributed by atoms with van der Waals surface area (Å²) < 4.78 is 0. The molecule has 1 aliphatic carbocycles. The van der Waals surface area contributed by atoms with Gasteiger partial charge in [-0.1, -0.05) is 38.1 Å². The quantitative estimate of drug-likeness (QED) is 0.297. The number of carbonyl (C=O) groups is 2. The summed E-state index contributed by atoms with van der Waals surface area (Å²) in [5.74, 6) is -0.550. The highest BCUT2D eigenvalue weighted by molar-refractivity contribution is 6.26. The summed E-state index contributed by atoms with van der Waals surface area (Å²) in [4.78, 5) is 43.4. The van der Waals surface area contributed by atoms with Crippen LogP contribution in [0, 0.1) is 10.1 Å². The summed E-state index contributed by atoms with van der Waals surface area (Å²) >= 11 is 0. The molecule has 5 rings (SSSR count). The molecule has 2 fully saturated rings. The molecule has 10 nitrogen and oxygen atoms in total. The lowest BCUT2D eigenvalue weighted by Crippen LogP contribution is -2.47. The van der Waals surface area contributed by atoms with Gasteiger partial charge in [-0.3, -0.25) is 24.6 Å². The van der Waals surface area contributed by atoms with Gasteiger partial charge in [-0.25, -0.2) is 0 Å². The monoisotopic (exact) mass is 534 g/mol. The normalized spacial score (nSPS) is 17.6.